The maximum atomic E-state index is 2.18. The van der Waals surface area contributed by atoms with Gasteiger partial charge in [-0.25, -0.2) is 4.57 Å². The van der Waals surface area contributed by atoms with Crippen molar-refractivity contribution >= 4 is 0 Å². The largest absolute Gasteiger partial charge is 1.00 e. The van der Waals surface area contributed by atoms with Crippen molar-refractivity contribution in [2.45, 2.75) is 20.4 Å². The lowest BCUT2D eigenvalue weighted by Gasteiger charge is -2.20. The van der Waals surface area contributed by atoms with E-state index in [0.717, 1.165) is 11.0 Å². The third-order valence-electron chi connectivity index (χ3n) is 2.09. The Morgan fingerprint density at radius 3 is 1.44 bits per heavy atom. The van der Waals surface area contributed by atoms with E-state index in [9.17, 15) is 0 Å². The summed E-state index contributed by atoms with van der Waals surface area (Å²) in [6, 6.07) is 6.08. The molecule has 96 valence electrons. The van der Waals surface area contributed by atoms with E-state index >= 15 is 0 Å². The van der Waals surface area contributed by atoms with Crippen LogP contribution in [0.5, 0.6) is 0 Å². The molecule has 16 heavy (non-hydrogen) atoms. The maximum absolute atomic E-state index is 2.18. The minimum absolute atomic E-state index is 0. The summed E-state index contributed by atoms with van der Waals surface area (Å²) in [5.74, 6) is 0. The molecular weight excluding hydrogens is 243 g/mol. The van der Waals surface area contributed by atoms with Gasteiger partial charge in [0.15, 0.2) is 12.4 Å². The maximum Gasteiger partial charge on any atom is 0.168 e. The summed E-state index contributed by atoms with van der Waals surface area (Å²) in [5.41, 5.74) is 0. The summed E-state index contributed by atoms with van der Waals surface area (Å²) in [6.07, 6.45) is 4.11. The second-order valence-electron chi connectivity index (χ2n) is 4.31. The summed E-state index contributed by atoms with van der Waals surface area (Å²) in [7, 11) is 6.54. The Bertz CT molecular complexity index is 233. The molecule has 0 saturated carbocycles. The minimum atomic E-state index is 0. The fourth-order valence-corrected chi connectivity index (χ4v) is 0.645. The fraction of sp³-hybridized carbons (Fsp3) is 0.583. The molecule has 1 heterocycles. The van der Waals surface area contributed by atoms with Crippen molar-refractivity contribution in [2.75, 3.05) is 27.7 Å². The average molecular weight is 267 g/mol. The number of aromatic nitrogens is 1. The number of halogens is 2. The van der Waals surface area contributed by atoms with Gasteiger partial charge in [0.25, 0.3) is 0 Å². The smallest absolute Gasteiger partial charge is 0.168 e. The van der Waals surface area contributed by atoms with Crippen LogP contribution in [0.25, 0.3) is 0 Å². The second kappa shape index (κ2) is 11.2. The van der Waals surface area contributed by atoms with Gasteiger partial charge in [0.05, 0.1) is 27.7 Å². The van der Waals surface area contributed by atoms with Gasteiger partial charge in [0.1, 0.15) is 6.54 Å². The molecule has 1 aromatic heterocycles. The van der Waals surface area contributed by atoms with Gasteiger partial charge in [-0.3, -0.25) is 0 Å². The average Bonchev–Trinajstić information content (AvgIpc) is 2.19. The van der Waals surface area contributed by atoms with E-state index in [1.165, 1.54) is 6.54 Å². The van der Waals surface area contributed by atoms with E-state index in [1.807, 2.05) is 18.2 Å². The predicted molar refractivity (Wildman–Crippen MR) is 60.9 cm³/mol. The normalized spacial score (nSPS) is 9.06. The van der Waals surface area contributed by atoms with E-state index in [2.05, 4.69) is 52.0 Å². The van der Waals surface area contributed by atoms with Crippen LogP contribution in [0.4, 0.5) is 0 Å². The van der Waals surface area contributed by atoms with E-state index in [4.69, 9.17) is 0 Å². The number of rotatable bonds is 2. The van der Waals surface area contributed by atoms with Crippen molar-refractivity contribution in [1.82, 2.24) is 0 Å². The number of hydrogen-bond donors (Lipinski definition) is 0. The molecule has 0 radical (unpaired) electrons. The van der Waals surface area contributed by atoms with Gasteiger partial charge < -0.3 is 29.3 Å². The van der Waals surface area contributed by atoms with Crippen molar-refractivity contribution in [3.05, 3.63) is 30.6 Å². The molecule has 4 heteroatoms. The van der Waals surface area contributed by atoms with Crippen LogP contribution in [0.15, 0.2) is 30.6 Å². The molecule has 0 N–H and O–H groups in total. The first kappa shape index (κ1) is 21.0. The molecule has 2 nitrogen and oxygen atoms in total. The number of nitrogens with zero attached hydrogens (tertiary/aromatic N) is 2. The number of quaternary nitrogens is 1. The Morgan fingerprint density at radius 2 is 1.25 bits per heavy atom. The first-order chi connectivity index (χ1) is 6.49. The lowest BCUT2D eigenvalue weighted by molar-refractivity contribution is -0.868. The zero-order valence-electron chi connectivity index (χ0n) is 11.0. The van der Waals surface area contributed by atoms with Crippen LogP contribution in [-0.4, -0.2) is 32.2 Å². The molecule has 0 unspecified atom stereocenters. The first-order valence-electron chi connectivity index (χ1n) is 5.24. The fourth-order valence-electron chi connectivity index (χ4n) is 0.645. The van der Waals surface area contributed by atoms with Crippen LogP contribution in [-0.2, 0) is 6.54 Å². The van der Waals surface area contributed by atoms with Gasteiger partial charge in [-0.15, -0.1) is 0 Å². The van der Waals surface area contributed by atoms with Crippen molar-refractivity contribution in [3.8, 4) is 0 Å². The molecule has 0 aliphatic rings. The molecule has 1 aromatic rings. The lowest BCUT2D eigenvalue weighted by atomic mass is 10.5. The lowest BCUT2D eigenvalue weighted by Crippen LogP contribution is -3.00. The highest BCUT2D eigenvalue weighted by Crippen LogP contribution is 1.83. The molecule has 0 aliphatic heterocycles. The predicted octanol–water partition coefficient (Wildman–Crippen LogP) is -4.29. The summed E-state index contributed by atoms with van der Waals surface area (Å²) in [5, 5.41) is 0. The van der Waals surface area contributed by atoms with Crippen LogP contribution >= 0.6 is 0 Å². The standard InChI is InChI=1S/C7H10N.C5H14N.2ClH/c1-2-8-6-4-3-5-7-8;1-5-6(2,3)4;;/h3-7H,2H2,1H3;5H2,1-4H3;2*1H/q2*+1;;/p-2. The third kappa shape index (κ3) is 13.7. The van der Waals surface area contributed by atoms with E-state index in [0.29, 0.717) is 0 Å². The number of aryl methyl sites for hydroxylation is 1. The monoisotopic (exact) mass is 266 g/mol. The summed E-state index contributed by atoms with van der Waals surface area (Å²) in [6.45, 7) is 6.57. The first-order valence-corrected chi connectivity index (χ1v) is 5.24. The van der Waals surface area contributed by atoms with Crippen molar-refractivity contribution in [2.24, 2.45) is 0 Å². The summed E-state index contributed by atoms with van der Waals surface area (Å²) in [4.78, 5) is 0. The van der Waals surface area contributed by atoms with Gasteiger partial charge in [-0.2, -0.15) is 0 Å². The number of hydrogen-bond acceptors (Lipinski definition) is 0. The van der Waals surface area contributed by atoms with Crippen molar-refractivity contribution in [1.29, 1.82) is 0 Å². The van der Waals surface area contributed by atoms with Crippen LogP contribution in [0.2, 0.25) is 0 Å². The van der Waals surface area contributed by atoms with E-state index in [-0.39, 0.29) is 24.8 Å². The molecule has 1 rings (SSSR count). The van der Waals surface area contributed by atoms with Crippen molar-refractivity contribution in [3.63, 3.8) is 0 Å². The molecule has 0 saturated heterocycles. The summed E-state index contributed by atoms with van der Waals surface area (Å²) >= 11 is 0. The minimum Gasteiger partial charge on any atom is -1.00 e. The third-order valence-corrected chi connectivity index (χ3v) is 2.09. The topological polar surface area (TPSA) is 3.88 Å². The Kier molecular flexibility index (Phi) is 14.7. The van der Waals surface area contributed by atoms with Gasteiger partial charge in [-0.1, -0.05) is 6.07 Å². The molecule has 0 fully saturated rings. The Hall–Kier alpha value is -0.310. The zero-order valence-corrected chi connectivity index (χ0v) is 12.5. The van der Waals surface area contributed by atoms with E-state index < -0.39 is 0 Å². The SMILES string of the molecule is CC[N+](C)(C)C.CC[n+]1ccccc1.[Cl-].[Cl-]. The van der Waals surface area contributed by atoms with Gasteiger partial charge in [0, 0.05) is 12.1 Å². The highest BCUT2D eigenvalue weighted by molar-refractivity contribution is 4.83. The second-order valence-corrected chi connectivity index (χ2v) is 4.31. The van der Waals surface area contributed by atoms with E-state index in [1.54, 1.807) is 0 Å². The molecule has 0 aromatic carbocycles. The molecule has 0 aliphatic carbocycles. The quantitative estimate of drug-likeness (QED) is 0.377. The zero-order chi connectivity index (χ0) is 11.0. The highest BCUT2D eigenvalue weighted by Gasteiger charge is 1.97. The molecule has 0 spiro atoms. The van der Waals surface area contributed by atoms with Gasteiger partial charge >= 0.3 is 0 Å². The molecule has 0 atom stereocenters. The number of pyridine rings is 1. The van der Waals surface area contributed by atoms with Crippen LogP contribution in [0, 0.1) is 0 Å². The van der Waals surface area contributed by atoms with Crippen molar-refractivity contribution < 1.29 is 33.9 Å². The summed E-state index contributed by atoms with van der Waals surface area (Å²) < 4.78 is 3.19. The molecule has 0 bridgehead atoms. The molecular formula is C12H24Cl2N2. The Balaban J connectivity index is -0.000000195. The van der Waals surface area contributed by atoms with Crippen LogP contribution < -0.4 is 29.4 Å². The van der Waals surface area contributed by atoms with Gasteiger partial charge in [-0.05, 0) is 13.8 Å². The van der Waals surface area contributed by atoms with Gasteiger partial charge in [0.2, 0.25) is 0 Å². The Morgan fingerprint density at radius 1 is 0.875 bits per heavy atom. The highest BCUT2D eigenvalue weighted by atomic mass is 35.5. The van der Waals surface area contributed by atoms with Crippen LogP contribution in [0.3, 0.4) is 0 Å². The molecule has 0 amide bonds. The van der Waals surface area contributed by atoms with Crippen LogP contribution in [0.1, 0.15) is 13.8 Å². The Labute approximate surface area is 113 Å².